The Labute approximate surface area is 182 Å². The van der Waals surface area contributed by atoms with Gasteiger partial charge in [-0.3, -0.25) is 4.99 Å². The van der Waals surface area contributed by atoms with Crippen LogP contribution in [0.5, 0.6) is 5.75 Å². The third kappa shape index (κ3) is 4.68. The van der Waals surface area contributed by atoms with Gasteiger partial charge in [-0.1, -0.05) is 25.8 Å². The van der Waals surface area contributed by atoms with E-state index < -0.39 is 12.0 Å². The number of aryl methyl sites for hydroxylation is 1. The monoisotopic (exact) mass is 425 g/mol. The summed E-state index contributed by atoms with van der Waals surface area (Å²) in [5.41, 5.74) is 2.76. The molecule has 2 heterocycles. The van der Waals surface area contributed by atoms with Gasteiger partial charge < -0.3 is 4.74 Å². The number of fused-ring (bicyclic) bond motifs is 1. The highest BCUT2D eigenvalue weighted by molar-refractivity contribution is 5.92. The second kappa shape index (κ2) is 9.67. The molecule has 2 atom stereocenters. The normalized spacial score (nSPS) is 21.2. The number of aromatic nitrogens is 2. The lowest BCUT2D eigenvalue weighted by atomic mass is 9.94. The molecule has 31 heavy (non-hydrogen) atoms. The Balaban J connectivity index is 1.85. The zero-order chi connectivity index (χ0) is 21.8. The quantitative estimate of drug-likeness (QED) is 0.489. The number of unbranched alkanes of at least 4 members (excludes halogenated alkanes) is 2. The van der Waals surface area contributed by atoms with Crippen molar-refractivity contribution in [3.05, 3.63) is 47.2 Å². The van der Waals surface area contributed by atoms with Gasteiger partial charge in [0.1, 0.15) is 29.1 Å². The molecule has 4 rings (SSSR count). The van der Waals surface area contributed by atoms with Crippen LogP contribution in [0.2, 0.25) is 0 Å². The van der Waals surface area contributed by atoms with Gasteiger partial charge >= 0.3 is 0 Å². The number of allylic oxidation sites excluding steroid dienone is 4. The van der Waals surface area contributed by atoms with E-state index in [0.29, 0.717) is 16.9 Å². The molecule has 2 unspecified atom stereocenters. The SMILES string of the molecule is CCCCCc1nc(C2C=NCCC2)nc2c(OC)cc(C3=CCC(F)C=C3F)cc12. The van der Waals surface area contributed by atoms with Crippen molar-refractivity contribution in [2.45, 2.75) is 64.0 Å². The molecule has 0 amide bonds. The van der Waals surface area contributed by atoms with Crippen molar-refractivity contribution >= 4 is 22.7 Å². The molecule has 2 aromatic rings. The average Bonchev–Trinajstić information content (AvgIpc) is 2.79. The topological polar surface area (TPSA) is 47.4 Å². The van der Waals surface area contributed by atoms with Crippen LogP contribution in [0.15, 0.2) is 35.1 Å². The molecule has 0 fully saturated rings. The number of hydrogen-bond acceptors (Lipinski definition) is 4. The van der Waals surface area contributed by atoms with Crippen LogP contribution in [0.3, 0.4) is 0 Å². The van der Waals surface area contributed by atoms with E-state index in [2.05, 4.69) is 11.9 Å². The molecule has 4 nitrogen and oxygen atoms in total. The van der Waals surface area contributed by atoms with Crippen LogP contribution >= 0.6 is 0 Å². The van der Waals surface area contributed by atoms with E-state index in [1.54, 1.807) is 19.3 Å². The molecular weight excluding hydrogens is 396 g/mol. The summed E-state index contributed by atoms with van der Waals surface area (Å²) >= 11 is 0. The Morgan fingerprint density at radius 3 is 2.77 bits per heavy atom. The first kappa shape index (κ1) is 21.6. The Bertz CT molecular complexity index is 1040. The van der Waals surface area contributed by atoms with E-state index in [0.717, 1.165) is 73.6 Å². The number of alkyl halides is 1. The highest BCUT2D eigenvalue weighted by Gasteiger charge is 2.22. The van der Waals surface area contributed by atoms with E-state index in [1.165, 1.54) is 0 Å². The van der Waals surface area contributed by atoms with E-state index in [4.69, 9.17) is 14.7 Å². The molecule has 0 radical (unpaired) electrons. The van der Waals surface area contributed by atoms with Gasteiger partial charge in [0.2, 0.25) is 0 Å². The fourth-order valence-electron chi connectivity index (χ4n) is 4.27. The van der Waals surface area contributed by atoms with Crippen molar-refractivity contribution in [1.29, 1.82) is 0 Å². The number of ether oxygens (including phenoxy) is 1. The Morgan fingerprint density at radius 2 is 2.06 bits per heavy atom. The lowest BCUT2D eigenvalue weighted by molar-refractivity contribution is 0.394. The van der Waals surface area contributed by atoms with Gasteiger partial charge in [0, 0.05) is 30.1 Å². The first-order valence-corrected chi connectivity index (χ1v) is 11.2. The van der Waals surface area contributed by atoms with Crippen molar-refractivity contribution in [3.8, 4) is 5.75 Å². The molecule has 2 aliphatic rings. The molecule has 1 aromatic heterocycles. The fourth-order valence-corrected chi connectivity index (χ4v) is 4.27. The summed E-state index contributed by atoms with van der Waals surface area (Å²) in [5, 5.41) is 0.873. The highest BCUT2D eigenvalue weighted by Crippen LogP contribution is 2.37. The first-order chi connectivity index (χ1) is 15.1. The van der Waals surface area contributed by atoms with Crippen LogP contribution in [-0.2, 0) is 6.42 Å². The van der Waals surface area contributed by atoms with Crippen LogP contribution in [-0.4, -0.2) is 36.0 Å². The van der Waals surface area contributed by atoms with Crippen LogP contribution in [0.25, 0.3) is 16.5 Å². The van der Waals surface area contributed by atoms with Gasteiger partial charge in [-0.15, -0.1) is 0 Å². The Kier molecular flexibility index (Phi) is 6.73. The number of nitrogens with zero attached hydrogens (tertiary/aromatic N) is 3. The van der Waals surface area contributed by atoms with Crippen LogP contribution in [0, 0.1) is 0 Å². The molecular formula is C25H29F2N3O. The molecule has 164 valence electrons. The lowest BCUT2D eigenvalue weighted by Crippen LogP contribution is -2.13. The van der Waals surface area contributed by atoms with E-state index in [9.17, 15) is 8.78 Å². The summed E-state index contributed by atoms with van der Waals surface area (Å²) in [7, 11) is 1.60. The van der Waals surface area contributed by atoms with Crippen molar-refractivity contribution in [2.24, 2.45) is 4.99 Å². The third-order valence-corrected chi connectivity index (χ3v) is 5.96. The molecule has 6 heteroatoms. The maximum atomic E-state index is 14.5. The minimum absolute atomic E-state index is 0.107. The Hall–Kier alpha value is -2.63. The standard InChI is InChI=1S/C25H29F2N3O/c1-3-4-5-8-22-20-12-17(19-10-9-18(26)14-21(19)27)13-23(31-2)24(20)30-25(29-22)16-7-6-11-28-15-16/h10,12-16,18H,3-9,11H2,1-2H3. The molecule has 0 saturated heterocycles. The van der Waals surface area contributed by atoms with Gasteiger partial charge in [0.05, 0.1) is 18.7 Å². The van der Waals surface area contributed by atoms with Gasteiger partial charge in [0.15, 0.2) is 0 Å². The molecule has 0 bridgehead atoms. The minimum atomic E-state index is -1.28. The highest BCUT2D eigenvalue weighted by atomic mass is 19.1. The largest absolute Gasteiger partial charge is 0.494 e. The van der Waals surface area contributed by atoms with Crippen LogP contribution < -0.4 is 4.74 Å². The maximum Gasteiger partial charge on any atom is 0.145 e. The number of hydrogen-bond donors (Lipinski definition) is 0. The van der Waals surface area contributed by atoms with Gasteiger partial charge in [-0.25, -0.2) is 18.7 Å². The zero-order valence-corrected chi connectivity index (χ0v) is 18.2. The Morgan fingerprint density at radius 1 is 1.19 bits per heavy atom. The van der Waals surface area contributed by atoms with Crippen molar-refractivity contribution in [1.82, 2.24) is 9.97 Å². The molecule has 1 aliphatic carbocycles. The summed E-state index contributed by atoms with van der Waals surface area (Å²) in [4.78, 5) is 14.2. The second-order valence-corrected chi connectivity index (χ2v) is 8.25. The summed E-state index contributed by atoms with van der Waals surface area (Å²) in [6, 6.07) is 3.72. The van der Waals surface area contributed by atoms with Crippen molar-refractivity contribution in [3.63, 3.8) is 0 Å². The maximum absolute atomic E-state index is 14.5. The molecule has 0 spiro atoms. The van der Waals surface area contributed by atoms with Gasteiger partial charge in [-0.05, 0) is 49.5 Å². The molecule has 1 aliphatic heterocycles. The summed E-state index contributed by atoms with van der Waals surface area (Å²) in [6.07, 6.45) is 9.59. The molecule has 0 saturated carbocycles. The summed E-state index contributed by atoms with van der Waals surface area (Å²) in [6.45, 7) is 3.03. The number of rotatable bonds is 7. The molecule has 0 N–H and O–H groups in total. The van der Waals surface area contributed by atoms with Crippen molar-refractivity contribution in [2.75, 3.05) is 13.7 Å². The number of halogens is 2. The van der Waals surface area contributed by atoms with Crippen LogP contribution in [0.4, 0.5) is 8.78 Å². The number of benzene rings is 1. The fraction of sp³-hybridized carbons (Fsp3) is 0.480. The number of aliphatic imine (C=N–C) groups is 1. The number of methoxy groups -OCH3 is 1. The minimum Gasteiger partial charge on any atom is -0.494 e. The van der Waals surface area contributed by atoms with E-state index in [-0.39, 0.29) is 12.3 Å². The zero-order valence-electron chi connectivity index (χ0n) is 18.2. The second-order valence-electron chi connectivity index (χ2n) is 8.25. The molecule has 1 aromatic carbocycles. The van der Waals surface area contributed by atoms with E-state index >= 15 is 0 Å². The predicted octanol–water partition coefficient (Wildman–Crippen LogP) is 6.30. The first-order valence-electron chi connectivity index (χ1n) is 11.2. The smallest absolute Gasteiger partial charge is 0.145 e. The predicted molar refractivity (Wildman–Crippen MR) is 121 cm³/mol. The van der Waals surface area contributed by atoms with E-state index in [1.807, 2.05) is 12.3 Å². The van der Waals surface area contributed by atoms with Crippen molar-refractivity contribution < 1.29 is 13.5 Å². The van der Waals surface area contributed by atoms with Gasteiger partial charge in [-0.2, -0.15) is 0 Å². The van der Waals surface area contributed by atoms with Crippen LogP contribution in [0.1, 0.15) is 68.4 Å². The average molecular weight is 426 g/mol. The third-order valence-electron chi connectivity index (χ3n) is 5.96. The van der Waals surface area contributed by atoms with Gasteiger partial charge in [0.25, 0.3) is 0 Å². The lowest BCUT2D eigenvalue weighted by Gasteiger charge is -2.19. The summed E-state index contributed by atoms with van der Waals surface area (Å²) < 4.78 is 33.8. The summed E-state index contributed by atoms with van der Waals surface area (Å²) in [5.74, 6) is 0.924.